The summed E-state index contributed by atoms with van der Waals surface area (Å²) in [5, 5.41) is 3.39. The Hall–Kier alpha value is 0.220. The molecule has 0 saturated carbocycles. The second kappa shape index (κ2) is 5.07. The predicted molar refractivity (Wildman–Crippen MR) is 72.7 cm³/mol. The molecule has 0 radical (unpaired) electrons. The zero-order valence-electron chi connectivity index (χ0n) is 10.6. The van der Waals surface area contributed by atoms with Gasteiger partial charge in [-0.25, -0.2) is 8.42 Å². The first kappa shape index (κ1) is 13.6. The number of sulfonamides is 1. The van der Waals surface area contributed by atoms with Crippen LogP contribution in [-0.4, -0.2) is 48.2 Å². The second-order valence-corrected chi connectivity index (χ2v) is 9.18. The van der Waals surface area contributed by atoms with Crippen LogP contribution in [0.3, 0.4) is 0 Å². The minimum absolute atomic E-state index is 0.160. The van der Waals surface area contributed by atoms with Gasteiger partial charge in [-0.1, -0.05) is 6.42 Å². The van der Waals surface area contributed by atoms with Crippen molar-refractivity contribution in [2.24, 2.45) is 0 Å². The fourth-order valence-corrected chi connectivity index (χ4v) is 5.79. The minimum Gasteiger partial charge on any atom is -0.314 e. The summed E-state index contributed by atoms with van der Waals surface area (Å²) in [6.07, 6.45) is 3.37. The van der Waals surface area contributed by atoms with Crippen molar-refractivity contribution in [3.05, 3.63) is 0 Å². The van der Waals surface area contributed by atoms with Crippen molar-refractivity contribution in [1.29, 1.82) is 0 Å². The number of hydrogen-bond donors (Lipinski definition) is 1. The van der Waals surface area contributed by atoms with E-state index >= 15 is 0 Å². The Bertz CT molecular complexity index is 362. The van der Waals surface area contributed by atoms with E-state index in [9.17, 15) is 8.42 Å². The lowest BCUT2D eigenvalue weighted by molar-refractivity contribution is 0.371. The van der Waals surface area contributed by atoms with Gasteiger partial charge in [0, 0.05) is 19.6 Å². The van der Waals surface area contributed by atoms with Crippen LogP contribution in [0.25, 0.3) is 0 Å². The van der Waals surface area contributed by atoms with Crippen LogP contribution in [0.5, 0.6) is 0 Å². The van der Waals surface area contributed by atoms with Crippen LogP contribution in [0.2, 0.25) is 0 Å². The first-order chi connectivity index (χ1) is 7.95. The molecule has 1 atom stereocenters. The molecule has 17 heavy (non-hydrogen) atoms. The molecule has 100 valence electrons. The van der Waals surface area contributed by atoms with E-state index in [2.05, 4.69) is 5.32 Å². The zero-order chi connectivity index (χ0) is 12.5. The number of nitrogens with zero attached hydrogens (tertiary/aromatic N) is 1. The van der Waals surface area contributed by atoms with Crippen LogP contribution >= 0.6 is 11.8 Å². The van der Waals surface area contributed by atoms with Gasteiger partial charge in [0.25, 0.3) is 0 Å². The maximum Gasteiger partial charge on any atom is 0.221 e. The molecule has 4 nitrogen and oxygen atoms in total. The van der Waals surface area contributed by atoms with Crippen LogP contribution in [0, 0.1) is 0 Å². The largest absolute Gasteiger partial charge is 0.314 e. The average Bonchev–Trinajstić information content (AvgIpc) is 2.38. The summed E-state index contributed by atoms with van der Waals surface area (Å²) in [4.78, 5) is 0. The molecular weight excluding hydrogens is 256 g/mol. The van der Waals surface area contributed by atoms with Crippen molar-refractivity contribution in [1.82, 2.24) is 9.62 Å². The summed E-state index contributed by atoms with van der Waals surface area (Å²) in [5.74, 6) is 1.09. The molecular formula is C11H22N2O2S2. The van der Waals surface area contributed by atoms with Gasteiger partial charge < -0.3 is 5.32 Å². The monoisotopic (exact) mass is 278 g/mol. The van der Waals surface area contributed by atoms with E-state index in [-0.39, 0.29) is 5.37 Å². The highest BCUT2D eigenvalue weighted by Crippen LogP contribution is 2.33. The number of rotatable bonds is 1. The van der Waals surface area contributed by atoms with Crippen LogP contribution in [0.1, 0.15) is 33.1 Å². The Morgan fingerprint density at radius 2 is 2.12 bits per heavy atom. The predicted octanol–water partition coefficient (Wildman–Crippen LogP) is 1.24. The zero-order valence-corrected chi connectivity index (χ0v) is 12.2. The fourth-order valence-electron chi connectivity index (χ4n) is 2.36. The third-order valence-corrected chi connectivity index (χ3v) is 7.67. The van der Waals surface area contributed by atoms with Crippen LogP contribution in [-0.2, 0) is 10.0 Å². The highest BCUT2D eigenvalue weighted by atomic mass is 32.2. The Kier molecular flexibility index (Phi) is 4.07. The van der Waals surface area contributed by atoms with Gasteiger partial charge >= 0.3 is 0 Å². The smallest absolute Gasteiger partial charge is 0.221 e. The average molecular weight is 278 g/mol. The SMILES string of the molecule is CC1(C)CNCCN(C2CCCCS2)S1(=O)=O. The van der Waals surface area contributed by atoms with Crippen molar-refractivity contribution in [2.75, 3.05) is 25.4 Å². The Balaban J connectivity index is 2.24. The molecule has 0 aromatic carbocycles. The number of nitrogens with one attached hydrogen (secondary N) is 1. The van der Waals surface area contributed by atoms with Gasteiger partial charge in [0.2, 0.25) is 10.0 Å². The van der Waals surface area contributed by atoms with E-state index in [1.807, 2.05) is 13.8 Å². The van der Waals surface area contributed by atoms with Crippen LogP contribution in [0.4, 0.5) is 0 Å². The molecule has 2 heterocycles. The van der Waals surface area contributed by atoms with Gasteiger partial charge in [-0.15, -0.1) is 11.8 Å². The summed E-state index contributed by atoms with van der Waals surface area (Å²) in [7, 11) is -3.19. The van der Waals surface area contributed by atoms with Gasteiger partial charge in [-0.2, -0.15) is 4.31 Å². The van der Waals surface area contributed by atoms with E-state index in [0.29, 0.717) is 13.1 Å². The molecule has 2 aliphatic heterocycles. The van der Waals surface area contributed by atoms with E-state index in [4.69, 9.17) is 0 Å². The molecule has 1 unspecified atom stereocenters. The lowest BCUT2D eigenvalue weighted by atomic mass is 10.2. The lowest BCUT2D eigenvalue weighted by Crippen LogP contribution is -2.49. The van der Waals surface area contributed by atoms with Crippen molar-refractivity contribution in [2.45, 2.75) is 43.2 Å². The van der Waals surface area contributed by atoms with Crippen molar-refractivity contribution >= 4 is 21.8 Å². The van der Waals surface area contributed by atoms with Crippen LogP contribution in [0.15, 0.2) is 0 Å². The van der Waals surface area contributed by atoms with Crippen molar-refractivity contribution in [3.63, 3.8) is 0 Å². The molecule has 1 N–H and O–H groups in total. The summed E-state index contributed by atoms with van der Waals surface area (Å²) in [6.45, 7) is 5.56. The van der Waals surface area contributed by atoms with Crippen molar-refractivity contribution in [3.8, 4) is 0 Å². The topological polar surface area (TPSA) is 49.4 Å². The molecule has 0 aromatic rings. The third kappa shape index (κ3) is 2.64. The molecule has 2 aliphatic rings. The van der Waals surface area contributed by atoms with Crippen molar-refractivity contribution < 1.29 is 8.42 Å². The number of thioether (sulfide) groups is 1. The van der Waals surface area contributed by atoms with E-state index < -0.39 is 14.8 Å². The molecule has 0 spiro atoms. The molecule has 0 aromatic heterocycles. The normalized spacial score (nSPS) is 34.1. The lowest BCUT2D eigenvalue weighted by Gasteiger charge is -2.36. The highest BCUT2D eigenvalue weighted by Gasteiger charge is 2.43. The molecule has 0 amide bonds. The Morgan fingerprint density at radius 3 is 2.76 bits per heavy atom. The molecule has 2 rings (SSSR count). The first-order valence-corrected chi connectivity index (χ1v) is 8.78. The molecule has 0 bridgehead atoms. The Morgan fingerprint density at radius 1 is 1.35 bits per heavy atom. The van der Waals surface area contributed by atoms with Gasteiger partial charge in [-0.3, -0.25) is 0 Å². The molecule has 0 aliphatic carbocycles. The minimum atomic E-state index is -3.19. The number of hydrogen-bond acceptors (Lipinski definition) is 4. The van der Waals surface area contributed by atoms with E-state index in [1.165, 1.54) is 6.42 Å². The second-order valence-electron chi connectivity index (χ2n) is 5.37. The van der Waals surface area contributed by atoms with Gasteiger partial charge in [-0.05, 0) is 32.4 Å². The maximum atomic E-state index is 12.6. The molecule has 2 saturated heterocycles. The quantitative estimate of drug-likeness (QED) is 0.784. The summed E-state index contributed by atoms with van der Waals surface area (Å²) in [6, 6.07) is 0. The summed E-state index contributed by atoms with van der Waals surface area (Å²) < 4.78 is 26.3. The molecule has 2 fully saturated rings. The van der Waals surface area contributed by atoms with Crippen LogP contribution < -0.4 is 5.32 Å². The van der Waals surface area contributed by atoms with Gasteiger partial charge in [0.15, 0.2) is 0 Å². The fraction of sp³-hybridized carbons (Fsp3) is 1.00. The third-order valence-electron chi connectivity index (χ3n) is 3.54. The van der Waals surface area contributed by atoms with E-state index in [0.717, 1.165) is 25.1 Å². The van der Waals surface area contributed by atoms with Gasteiger partial charge in [0.1, 0.15) is 0 Å². The standard InChI is InChI=1S/C11H22N2O2S2/c1-11(2)9-12-6-7-13(17(11,14)15)10-5-3-4-8-16-10/h10,12H,3-9H2,1-2H3. The summed E-state index contributed by atoms with van der Waals surface area (Å²) in [5.41, 5.74) is 0. The molecule has 6 heteroatoms. The summed E-state index contributed by atoms with van der Waals surface area (Å²) >= 11 is 1.80. The highest BCUT2D eigenvalue weighted by molar-refractivity contribution is 8.00. The van der Waals surface area contributed by atoms with E-state index in [1.54, 1.807) is 16.1 Å². The first-order valence-electron chi connectivity index (χ1n) is 6.29. The Labute approximate surface area is 109 Å². The van der Waals surface area contributed by atoms with Gasteiger partial charge in [0.05, 0.1) is 10.1 Å². The maximum absolute atomic E-state index is 12.6.